The fourth-order valence-corrected chi connectivity index (χ4v) is 4.66. The number of thiophene rings is 1. The van der Waals surface area contributed by atoms with Gasteiger partial charge in [-0.3, -0.25) is 4.79 Å². The molecule has 9 heteroatoms. The van der Waals surface area contributed by atoms with Gasteiger partial charge in [0.1, 0.15) is 35.2 Å². The van der Waals surface area contributed by atoms with E-state index in [1.807, 2.05) is 13.0 Å². The highest BCUT2D eigenvalue weighted by Crippen LogP contribution is 2.52. The summed E-state index contributed by atoms with van der Waals surface area (Å²) in [6, 6.07) is 5.62. The lowest BCUT2D eigenvalue weighted by atomic mass is 10.1. The first-order valence-electron chi connectivity index (χ1n) is 8.18. The lowest BCUT2D eigenvalue weighted by molar-refractivity contribution is -0.122. The third-order valence-corrected chi connectivity index (χ3v) is 5.91. The van der Waals surface area contributed by atoms with Gasteiger partial charge in [0, 0.05) is 6.54 Å². The van der Waals surface area contributed by atoms with Crippen molar-refractivity contribution in [2.45, 2.75) is 19.8 Å². The van der Waals surface area contributed by atoms with E-state index >= 15 is 0 Å². The van der Waals surface area contributed by atoms with E-state index in [9.17, 15) is 20.6 Å². The van der Waals surface area contributed by atoms with Gasteiger partial charge in [-0.1, -0.05) is 13.3 Å². The standard InChI is InChI=1S/C18H13BrN4O3S/c1-2-3-4-23-13(10(7-20)8-21)11(9-22)12(18(23)24)16-14-15(17(19)27-16)26-6-5-25-14/h2-6H2,1H3. The second kappa shape index (κ2) is 7.84. The Morgan fingerprint density at radius 1 is 1.22 bits per heavy atom. The highest BCUT2D eigenvalue weighted by atomic mass is 79.9. The van der Waals surface area contributed by atoms with Gasteiger partial charge in [0.15, 0.2) is 17.1 Å². The summed E-state index contributed by atoms with van der Waals surface area (Å²) in [4.78, 5) is 15.0. The van der Waals surface area contributed by atoms with E-state index < -0.39 is 5.91 Å². The molecule has 3 heterocycles. The minimum atomic E-state index is -0.413. The molecule has 3 rings (SSSR count). The molecule has 136 valence electrons. The molecule has 1 amide bonds. The third-order valence-electron chi connectivity index (χ3n) is 4.11. The van der Waals surface area contributed by atoms with Gasteiger partial charge < -0.3 is 14.4 Å². The number of hydrogen-bond acceptors (Lipinski definition) is 7. The van der Waals surface area contributed by atoms with Crippen LogP contribution in [0.5, 0.6) is 11.5 Å². The Bertz CT molecular complexity index is 988. The van der Waals surface area contributed by atoms with E-state index in [0.717, 1.165) is 6.42 Å². The second-order valence-electron chi connectivity index (χ2n) is 5.68. The fourth-order valence-electron chi connectivity index (χ4n) is 2.92. The summed E-state index contributed by atoms with van der Waals surface area (Å²) in [5.74, 6) is 0.488. The smallest absolute Gasteiger partial charge is 0.261 e. The maximum absolute atomic E-state index is 13.2. The van der Waals surface area contributed by atoms with Crippen LogP contribution in [0.4, 0.5) is 0 Å². The number of nitrogens with zero attached hydrogens (tertiary/aromatic N) is 4. The molecule has 0 atom stereocenters. The molecule has 7 nitrogen and oxygen atoms in total. The van der Waals surface area contributed by atoms with Crippen LogP contribution >= 0.6 is 27.3 Å². The predicted octanol–water partition coefficient (Wildman–Crippen LogP) is 3.50. The van der Waals surface area contributed by atoms with Gasteiger partial charge in [-0.2, -0.15) is 15.8 Å². The van der Waals surface area contributed by atoms with Crippen molar-refractivity contribution in [2.24, 2.45) is 0 Å². The fraction of sp³-hybridized carbons (Fsp3) is 0.333. The van der Waals surface area contributed by atoms with E-state index in [-0.39, 0.29) is 22.4 Å². The molecule has 0 radical (unpaired) electrons. The molecule has 0 saturated carbocycles. The van der Waals surface area contributed by atoms with E-state index in [2.05, 4.69) is 15.9 Å². The number of carbonyl (C=O) groups excluding carboxylic acids is 1. The van der Waals surface area contributed by atoms with Crippen LogP contribution in [-0.2, 0) is 4.79 Å². The summed E-state index contributed by atoms with van der Waals surface area (Å²) in [6.07, 6.45) is 1.50. The van der Waals surface area contributed by atoms with Gasteiger partial charge in [-0.25, -0.2) is 0 Å². The first-order chi connectivity index (χ1) is 13.1. The number of allylic oxidation sites excluding steroid dienone is 2. The van der Waals surface area contributed by atoms with Crippen LogP contribution in [0.1, 0.15) is 24.6 Å². The third kappa shape index (κ3) is 3.08. The predicted molar refractivity (Wildman–Crippen MR) is 100 cm³/mol. The molecular formula is C18H13BrN4O3S. The van der Waals surface area contributed by atoms with Crippen LogP contribution in [0.25, 0.3) is 5.57 Å². The van der Waals surface area contributed by atoms with E-state index in [1.54, 1.807) is 12.1 Å². The van der Waals surface area contributed by atoms with Crippen LogP contribution in [0.15, 0.2) is 20.6 Å². The van der Waals surface area contributed by atoms with E-state index in [0.29, 0.717) is 46.3 Å². The highest BCUT2D eigenvalue weighted by molar-refractivity contribution is 9.11. The molecule has 0 fully saturated rings. The zero-order chi connectivity index (χ0) is 19.6. The average molecular weight is 445 g/mol. The van der Waals surface area contributed by atoms with Crippen molar-refractivity contribution in [3.63, 3.8) is 0 Å². The maximum Gasteiger partial charge on any atom is 0.261 e. The summed E-state index contributed by atoms with van der Waals surface area (Å²) >= 11 is 4.63. The highest BCUT2D eigenvalue weighted by Gasteiger charge is 2.41. The molecule has 27 heavy (non-hydrogen) atoms. The number of fused-ring (bicyclic) bond motifs is 1. The van der Waals surface area contributed by atoms with Crippen molar-refractivity contribution in [3.05, 3.63) is 25.5 Å². The Kier molecular flexibility index (Phi) is 5.51. The Labute approximate surface area is 168 Å². The summed E-state index contributed by atoms with van der Waals surface area (Å²) in [6.45, 7) is 3.01. The van der Waals surface area contributed by atoms with Crippen LogP contribution < -0.4 is 9.47 Å². The molecule has 0 aliphatic carbocycles. The SMILES string of the molecule is CCCCN1C(=O)C(c2sc(Br)c3c2OCCO3)=C(C#N)C1=C(C#N)C#N. The number of unbranched alkanes of at least 4 members (excludes halogenated alkanes) is 1. The van der Waals surface area contributed by atoms with Crippen molar-refractivity contribution in [2.75, 3.05) is 19.8 Å². The van der Waals surface area contributed by atoms with Gasteiger partial charge in [-0.15, -0.1) is 11.3 Å². The largest absolute Gasteiger partial charge is 0.485 e. The molecule has 0 saturated heterocycles. The number of amides is 1. The lowest BCUT2D eigenvalue weighted by Crippen LogP contribution is -2.27. The van der Waals surface area contributed by atoms with Crippen molar-refractivity contribution >= 4 is 38.7 Å². The topological polar surface area (TPSA) is 110 Å². The first-order valence-corrected chi connectivity index (χ1v) is 9.79. The summed E-state index contributed by atoms with van der Waals surface area (Å²) in [5.41, 5.74) is -0.0254. The van der Waals surface area contributed by atoms with Crippen molar-refractivity contribution in [3.8, 4) is 29.7 Å². The first kappa shape index (κ1) is 19.0. The van der Waals surface area contributed by atoms with Gasteiger partial charge >= 0.3 is 0 Å². The van der Waals surface area contributed by atoms with E-state index in [1.165, 1.54) is 16.2 Å². The summed E-state index contributed by atoms with van der Waals surface area (Å²) in [5, 5.41) is 28.4. The molecule has 0 spiro atoms. The van der Waals surface area contributed by atoms with Crippen molar-refractivity contribution < 1.29 is 14.3 Å². The molecule has 0 N–H and O–H groups in total. The molecule has 0 bridgehead atoms. The van der Waals surface area contributed by atoms with Crippen LogP contribution in [0.3, 0.4) is 0 Å². The average Bonchev–Trinajstić information content (AvgIpc) is 3.16. The Hall–Kier alpha value is -2.80. The molecule has 2 aliphatic rings. The van der Waals surface area contributed by atoms with Crippen LogP contribution in [0.2, 0.25) is 0 Å². The maximum atomic E-state index is 13.2. The van der Waals surface area contributed by atoms with Crippen molar-refractivity contribution in [1.29, 1.82) is 15.8 Å². The monoisotopic (exact) mass is 444 g/mol. The molecule has 0 unspecified atom stereocenters. The van der Waals surface area contributed by atoms with E-state index in [4.69, 9.17) is 9.47 Å². The Morgan fingerprint density at radius 2 is 1.89 bits per heavy atom. The lowest BCUT2D eigenvalue weighted by Gasteiger charge is -2.19. The normalized spacial score (nSPS) is 15.4. The number of hydrogen-bond donors (Lipinski definition) is 0. The molecule has 1 aromatic heterocycles. The molecule has 0 aromatic carbocycles. The summed E-state index contributed by atoms with van der Waals surface area (Å²) < 4.78 is 11.9. The molecule has 1 aromatic rings. The zero-order valence-electron chi connectivity index (χ0n) is 14.3. The van der Waals surface area contributed by atoms with Crippen LogP contribution in [0, 0.1) is 34.0 Å². The number of carbonyl (C=O) groups is 1. The van der Waals surface area contributed by atoms with Gasteiger partial charge in [0.2, 0.25) is 0 Å². The van der Waals surface area contributed by atoms with Gasteiger partial charge in [-0.05, 0) is 22.4 Å². The van der Waals surface area contributed by atoms with Gasteiger partial charge in [0.05, 0.1) is 21.7 Å². The minimum Gasteiger partial charge on any atom is -0.485 e. The van der Waals surface area contributed by atoms with Crippen molar-refractivity contribution in [1.82, 2.24) is 4.90 Å². The number of halogens is 1. The Morgan fingerprint density at radius 3 is 2.48 bits per heavy atom. The Balaban J connectivity index is 2.26. The number of nitriles is 3. The minimum absolute atomic E-state index is 0.0138. The molecular weight excluding hydrogens is 432 g/mol. The molecule has 2 aliphatic heterocycles. The number of ether oxygens (including phenoxy) is 2. The quantitative estimate of drug-likeness (QED) is 0.656. The van der Waals surface area contributed by atoms with Gasteiger partial charge in [0.25, 0.3) is 5.91 Å². The second-order valence-corrected chi connectivity index (χ2v) is 8.02. The summed E-state index contributed by atoms with van der Waals surface area (Å²) in [7, 11) is 0. The number of rotatable bonds is 4. The zero-order valence-corrected chi connectivity index (χ0v) is 16.7. The van der Waals surface area contributed by atoms with Crippen LogP contribution in [-0.4, -0.2) is 30.6 Å².